The van der Waals surface area contributed by atoms with Crippen molar-refractivity contribution in [1.29, 1.82) is 0 Å². The molecule has 1 fully saturated rings. The number of nitrogens with zero attached hydrogens (tertiary/aromatic N) is 1. The molecule has 0 spiro atoms. The van der Waals surface area contributed by atoms with Gasteiger partial charge in [-0.1, -0.05) is 6.07 Å². The molecule has 2 aliphatic rings. The van der Waals surface area contributed by atoms with E-state index in [-0.39, 0.29) is 37.3 Å². The van der Waals surface area contributed by atoms with Gasteiger partial charge in [-0.25, -0.2) is 13.1 Å². The van der Waals surface area contributed by atoms with Gasteiger partial charge in [0, 0.05) is 25.6 Å². The van der Waals surface area contributed by atoms with Gasteiger partial charge < -0.3 is 10.6 Å². The maximum absolute atomic E-state index is 12.5. The highest BCUT2D eigenvalue weighted by Crippen LogP contribution is 2.24. The summed E-state index contributed by atoms with van der Waals surface area (Å²) in [5, 5.41) is 0. The minimum atomic E-state index is -3.58. The number of likely N-dealkylation sites (tertiary alicyclic amines) is 1. The van der Waals surface area contributed by atoms with Gasteiger partial charge >= 0.3 is 0 Å². The van der Waals surface area contributed by atoms with Crippen LogP contribution in [0.1, 0.15) is 43.7 Å². The van der Waals surface area contributed by atoms with Crippen molar-refractivity contribution in [3.63, 3.8) is 0 Å². The molecular weight excluding hydrogens is 386 g/mol. The number of benzene rings is 1. The zero-order chi connectivity index (χ0) is 18.7. The average molecular weight is 416 g/mol. The van der Waals surface area contributed by atoms with Crippen molar-refractivity contribution in [2.75, 3.05) is 19.6 Å². The summed E-state index contributed by atoms with van der Waals surface area (Å²) in [7, 11) is -3.58. The minimum absolute atomic E-state index is 0. The number of nitrogens with two attached hydrogens (primary N) is 1. The summed E-state index contributed by atoms with van der Waals surface area (Å²) in [6, 6.07) is 5.55. The van der Waals surface area contributed by atoms with E-state index in [1.54, 1.807) is 12.1 Å². The molecule has 1 saturated heterocycles. The van der Waals surface area contributed by atoms with Gasteiger partial charge in [0.25, 0.3) is 0 Å². The first kappa shape index (κ1) is 22.1. The van der Waals surface area contributed by atoms with Crippen LogP contribution in [-0.2, 0) is 27.7 Å². The van der Waals surface area contributed by atoms with E-state index in [9.17, 15) is 13.2 Å². The summed E-state index contributed by atoms with van der Waals surface area (Å²) in [6.45, 7) is 3.40. The Morgan fingerprint density at radius 1 is 1.26 bits per heavy atom. The summed E-state index contributed by atoms with van der Waals surface area (Å²) in [6.07, 6.45) is 5.33. The Balaban J connectivity index is 0.00000261. The fourth-order valence-electron chi connectivity index (χ4n) is 4.06. The molecule has 3 N–H and O–H groups in total. The zero-order valence-corrected chi connectivity index (χ0v) is 17.4. The minimum Gasteiger partial charge on any atom is -0.340 e. The van der Waals surface area contributed by atoms with Crippen molar-refractivity contribution in [3.8, 4) is 0 Å². The fraction of sp³-hybridized carbons (Fsp3) is 0.632. The molecule has 2 unspecified atom stereocenters. The number of hydrogen-bond acceptors (Lipinski definition) is 4. The second-order valence-corrected chi connectivity index (χ2v) is 9.28. The molecule has 0 saturated carbocycles. The highest BCUT2D eigenvalue weighted by molar-refractivity contribution is 7.89. The topological polar surface area (TPSA) is 92.5 Å². The molecular formula is C19H30ClN3O3S. The lowest BCUT2D eigenvalue weighted by Crippen LogP contribution is -2.37. The Hall–Kier alpha value is -1.15. The first-order valence-electron chi connectivity index (χ1n) is 9.51. The number of carbonyl (C=O) groups is 1. The second-order valence-electron chi connectivity index (χ2n) is 7.52. The maximum atomic E-state index is 12.5. The Morgan fingerprint density at radius 3 is 2.63 bits per heavy atom. The molecule has 1 aromatic rings. The van der Waals surface area contributed by atoms with Gasteiger partial charge in [-0.05, 0) is 74.8 Å². The van der Waals surface area contributed by atoms with Crippen LogP contribution in [0.3, 0.4) is 0 Å². The summed E-state index contributed by atoms with van der Waals surface area (Å²) in [5.41, 5.74) is 8.08. The Bertz CT molecular complexity index is 769. The summed E-state index contributed by atoms with van der Waals surface area (Å²) in [5.74, 6) is 0.336. The van der Waals surface area contributed by atoms with Crippen LogP contribution in [0.15, 0.2) is 23.1 Å². The smallest absolute Gasteiger partial charge is 0.240 e. The molecule has 27 heavy (non-hydrogen) atoms. The van der Waals surface area contributed by atoms with Gasteiger partial charge in [-0.2, -0.15) is 0 Å². The van der Waals surface area contributed by atoms with E-state index in [0.717, 1.165) is 31.2 Å². The molecule has 0 bridgehead atoms. The summed E-state index contributed by atoms with van der Waals surface area (Å²) >= 11 is 0. The van der Waals surface area contributed by atoms with Crippen molar-refractivity contribution in [3.05, 3.63) is 29.3 Å². The van der Waals surface area contributed by atoms with Gasteiger partial charge in [0.05, 0.1) is 4.90 Å². The highest BCUT2D eigenvalue weighted by atomic mass is 35.5. The number of sulfonamides is 1. The van der Waals surface area contributed by atoms with Crippen LogP contribution < -0.4 is 10.5 Å². The average Bonchev–Trinajstić information content (AvgIpc) is 3.02. The molecule has 1 aliphatic carbocycles. The largest absolute Gasteiger partial charge is 0.340 e. The number of aryl methyl sites for hydroxylation is 2. The van der Waals surface area contributed by atoms with Crippen LogP contribution in [-0.4, -0.2) is 44.9 Å². The monoisotopic (exact) mass is 415 g/mol. The predicted molar refractivity (Wildman–Crippen MR) is 108 cm³/mol. The standard InChI is InChI=1S/C19H29N3O3S.ClH/c1-14-10-15(12-20)13-22(14)19(23)8-9-21-26(24,25)18-7-6-16-4-2-3-5-17(16)11-18;/h6-7,11,14-15,21H,2-5,8-10,12-13,20H2,1H3;1H. The third-order valence-electron chi connectivity index (χ3n) is 5.58. The molecule has 2 atom stereocenters. The zero-order valence-electron chi connectivity index (χ0n) is 15.8. The van der Waals surface area contributed by atoms with Crippen molar-refractivity contribution < 1.29 is 13.2 Å². The van der Waals surface area contributed by atoms with E-state index >= 15 is 0 Å². The molecule has 0 aromatic heterocycles. The van der Waals surface area contributed by atoms with Gasteiger partial charge in [0.15, 0.2) is 0 Å². The highest BCUT2D eigenvalue weighted by Gasteiger charge is 2.31. The van der Waals surface area contributed by atoms with Crippen molar-refractivity contribution >= 4 is 28.3 Å². The third kappa shape index (κ3) is 5.22. The number of fused-ring (bicyclic) bond motifs is 1. The van der Waals surface area contributed by atoms with Crippen molar-refractivity contribution in [1.82, 2.24) is 9.62 Å². The van der Waals surface area contributed by atoms with E-state index in [1.807, 2.05) is 17.9 Å². The van der Waals surface area contributed by atoms with Gasteiger partial charge in [0.1, 0.15) is 0 Å². The van der Waals surface area contributed by atoms with E-state index < -0.39 is 10.0 Å². The molecule has 0 radical (unpaired) electrons. The van der Waals surface area contributed by atoms with Crippen LogP contribution in [0.4, 0.5) is 0 Å². The Kier molecular flexibility index (Phi) is 7.68. The van der Waals surface area contributed by atoms with E-state index in [1.165, 1.54) is 12.0 Å². The van der Waals surface area contributed by atoms with E-state index in [0.29, 0.717) is 23.9 Å². The molecule has 6 nitrogen and oxygen atoms in total. The molecule has 1 amide bonds. The number of hydrogen-bond donors (Lipinski definition) is 2. The Morgan fingerprint density at radius 2 is 1.96 bits per heavy atom. The molecule has 3 rings (SSSR count). The first-order chi connectivity index (χ1) is 12.4. The van der Waals surface area contributed by atoms with Crippen LogP contribution in [0, 0.1) is 5.92 Å². The lowest BCUT2D eigenvalue weighted by atomic mass is 9.92. The SMILES string of the molecule is CC1CC(CN)CN1C(=O)CCNS(=O)(=O)c1ccc2c(c1)CCCC2.Cl. The third-order valence-corrected chi connectivity index (χ3v) is 7.03. The van der Waals surface area contributed by atoms with Crippen LogP contribution in [0.25, 0.3) is 0 Å². The fourth-order valence-corrected chi connectivity index (χ4v) is 5.14. The van der Waals surface area contributed by atoms with Crippen LogP contribution in [0.5, 0.6) is 0 Å². The van der Waals surface area contributed by atoms with Gasteiger partial charge in [0.2, 0.25) is 15.9 Å². The lowest BCUT2D eigenvalue weighted by Gasteiger charge is -2.21. The lowest BCUT2D eigenvalue weighted by molar-refractivity contribution is -0.131. The predicted octanol–water partition coefficient (Wildman–Crippen LogP) is 1.85. The van der Waals surface area contributed by atoms with Crippen molar-refractivity contribution in [2.24, 2.45) is 11.7 Å². The molecule has 1 heterocycles. The van der Waals surface area contributed by atoms with Crippen LogP contribution >= 0.6 is 12.4 Å². The summed E-state index contributed by atoms with van der Waals surface area (Å²) < 4.78 is 27.6. The maximum Gasteiger partial charge on any atom is 0.240 e. The molecule has 1 aliphatic heterocycles. The van der Waals surface area contributed by atoms with Crippen molar-refractivity contribution in [2.45, 2.75) is 56.4 Å². The van der Waals surface area contributed by atoms with Crippen LogP contribution in [0.2, 0.25) is 0 Å². The number of nitrogens with one attached hydrogen (secondary N) is 1. The number of halogens is 1. The number of rotatable bonds is 6. The van der Waals surface area contributed by atoms with Gasteiger partial charge in [-0.15, -0.1) is 12.4 Å². The number of amides is 1. The Labute approximate surface area is 168 Å². The molecule has 152 valence electrons. The van der Waals surface area contributed by atoms with Gasteiger partial charge in [-0.3, -0.25) is 4.79 Å². The first-order valence-corrected chi connectivity index (χ1v) is 11.0. The quantitative estimate of drug-likeness (QED) is 0.741. The molecule has 8 heteroatoms. The normalized spacial score (nSPS) is 22.2. The van der Waals surface area contributed by atoms with E-state index in [2.05, 4.69) is 4.72 Å². The summed E-state index contributed by atoms with van der Waals surface area (Å²) in [4.78, 5) is 14.5. The molecule has 1 aromatic carbocycles. The number of carbonyl (C=O) groups excluding carboxylic acids is 1. The van der Waals surface area contributed by atoms with E-state index in [4.69, 9.17) is 5.73 Å². The second kappa shape index (κ2) is 9.37.